The fourth-order valence-electron chi connectivity index (χ4n) is 0.708. The van der Waals surface area contributed by atoms with Crippen LogP contribution in [0, 0.1) is 0 Å². The summed E-state index contributed by atoms with van der Waals surface area (Å²) in [5.41, 5.74) is 0. The van der Waals surface area contributed by atoms with E-state index in [2.05, 4.69) is 13.6 Å². The SMILES string of the molecule is O=P(O)(O)OCC(O)CO.O=P(O)(O)OCC(O)CO.O=P(O)(O)OCC(O)CO.P.P. The molecule has 5 unspecified atom stereocenters. The van der Waals surface area contributed by atoms with E-state index in [1.165, 1.54) is 0 Å². The smallest absolute Gasteiger partial charge is 0.394 e. The minimum atomic E-state index is -4.50. The van der Waals surface area contributed by atoms with Crippen LogP contribution in [0.15, 0.2) is 0 Å². The Bertz CT molecular complexity index is 469. The third-order valence-corrected chi connectivity index (χ3v) is 3.39. The second-order valence-electron chi connectivity index (χ2n) is 4.87. The Kier molecular flexibility index (Phi) is 30.2. The molecule has 0 heterocycles. The summed E-state index contributed by atoms with van der Waals surface area (Å²) >= 11 is 0. The molecule has 5 atom stereocenters. The number of aliphatic hydroxyl groups is 6. The minimum Gasteiger partial charge on any atom is -0.394 e. The fraction of sp³-hybridized carbons (Fsp3) is 1.00. The first kappa shape index (κ1) is 43.1. The summed E-state index contributed by atoms with van der Waals surface area (Å²) < 4.78 is 41.3. The van der Waals surface area contributed by atoms with Crippen LogP contribution in [-0.4, -0.2) is 118 Å². The molecule has 0 saturated carbocycles. The van der Waals surface area contributed by atoms with E-state index in [4.69, 9.17) is 60.0 Å². The molecule has 0 aliphatic heterocycles. The van der Waals surface area contributed by atoms with E-state index in [9.17, 15) is 13.7 Å². The van der Waals surface area contributed by atoms with Crippen molar-refractivity contribution in [2.24, 2.45) is 0 Å². The maximum Gasteiger partial charge on any atom is 0.469 e. The van der Waals surface area contributed by atoms with E-state index in [0.29, 0.717) is 0 Å². The third kappa shape index (κ3) is 44.6. The molecule has 0 aliphatic rings. The summed E-state index contributed by atoms with van der Waals surface area (Å²) in [6.07, 6.45) is -3.73. The first-order valence-electron chi connectivity index (χ1n) is 7.33. The molecule has 32 heavy (non-hydrogen) atoms. The van der Waals surface area contributed by atoms with Crippen molar-refractivity contribution in [1.29, 1.82) is 0 Å². The zero-order valence-electron chi connectivity index (χ0n) is 16.5. The second-order valence-corrected chi connectivity index (χ2v) is 8.59. The van der Waals surface area contributed by atoms with Gasteiger partial charge in [0.15, 0.2) is 0 Å². The highest BCUT2D eigenvalue weighted by Gasteiger charge is 2.17. The summed E-state index contributed by atoms with van der Waals surface area (Å²) in [5, 5.41) is 50.0. The van der Waals surface area contributed by atoms with Crippen LogP contribution >= 0.6 is 43.3 Å². The van der Waals surface area contributed by atoms with Crippen molar-refractivity contribution in [1.82, 2.24) is 0 Å². The van der Waals surface area contributed by atoms with Gasteiger partial charge in [-0.3, -0.25) is 13.6 Å². The Balaban J connectivity index is -0.000000110. The predicted molar refractivity (Wildman–Crippen MR) is 115 cm³/mol. The quantitative estimate of drug-likeness (QED) is 0.0961. The van der Waals surface area contributed by atoms with E-state index in [1.807, 2.05) is 0 Å². The largest absolute Gasteiger partial charge is 0.469 e. The van der Waals surface area contributed by atoms with Gasteiger partial charge in [0, 0.05) is 0 Å². The van der Waals surface area contributed by atoms with Gasteiger partial charge >= 0.3 is 23.5 Å². The summed E-state index contributed by atoms with van der Waals surface area (Å²) in [5.74, 6) is 0. The van der Waals surface area contributed by atoms with Crippen LogP contribution in [0.5, 0.6) is 0 Å². The van der Waals surface area contributed by atoms with Gasteiger partial charge in [-0.2, -0.15) is 19.8 Å². The molecule has 0 amide bonds. The standard InChI is InChI=1S/3C3H9O6P.2H3P/c3*4-1-3(5)2-9-10(6,7)8;;/h3*3-5H,1-2H2,(H2,6,7,8);2*1H3. The average molecular weight is 584 g/mol. The van der Waals surface area contributed by atoms with Gasteiger partial charge in [0.1, 0.15) is 18.3 Å². The van der Waals surface area contributed by atoms with Gasteiger partial charge in [-0.1, -0.05) is 0 Å². The molecule has 0 aliphatic carbocycles. The third-order valence-electron chi connectivity index (χ3n) is 1.94. The monoisotopic (exact) mass is 584 g/mol. The summed E-state index contributed by atoms with van der Waals surface area (Å²) in [6, 6.07) is 0. The lowest BCUT2D eigenvalue weighted by molar-refractivity contribution is 0.0418. The molecule has 0 aromatic heterocycles. The highest BCUT2D eigenvalue weighted by Crippen LogP contribution is 2.36. The first-order chi connectivity index (χ1) is 13.4. The van der Waals surface area contributed by atoms with Crippen LogP contribution < -0.4 is 0 Å². The number of aliphatic hydroxyl groups excluding tert-OH is 6. The van der Waals surface area contributed by atoms with Crippen molar-refractivity contribution in [3.63, 3.8) is 0 Å². The summed E-state index contributed by atoms with van der Waals surface area (Å²) in [7, 11) is -13.5. The number of phosphoric ester groups is 3. The molecular formula is C9H33O18P5. The van der Waals surface area contributed by atoms with Crippen LogP contribution in [0.25, 0.3) is 0 Å². The van der Waals surface area contributed by atoms with Crippen LogP contribution in [0.3, 0.4) is 0 Å². The molecule has 23 heteroatoms. The Morgan fingerprint density at radius 2 is 0.656 bits per heavy atom. The maximum absolute atomic E-state index is 9.93. The average Bonchev–Trinajstić information content (AvgIpc) is 2.61. The van der Waals surface area contributed by atoms with Gasteiger partial charge in [-0.25, -0.2) is 13.7 Å². The van der Waals surface area contributed by atoms with E-state index in [1.54, 1.807) is 0 Å². The zero-order valence-corrected chi connectivity index (χ0v) is 22.1. The van der Waals surface area contributed by atoms with E-state index in [-0.39, 0.29) is 19.8 Å². The Hall–Kier alpha value is 0.950. The van der Waals surface area contributed by atoms with Crippen molar-refractivity contribution in [3.05, 3.63) is 0 Å². The Morgan fingerprint density at radius 1 is 0.500 bits per heavy atom. The van der Waals surface area contributed by atoms with Crippen molar-refractivity contribution >= 4 is 43.3 Å². The molecule has 0 aromatic carbocycles. The Morgan fingerprint density at radius 3 is 0.750 bits per heavy atom. The molecule has 202 valence electrons. The molecule has 0 rings (SSSR count). The molecule has 0 spiro atoms. The molecule has 12 N–H and O–H groups in total. The summed E-state index contributed by atoms with van der Waals surface area (Å²) in [4.78, 5) is 48.3. The highest BCUT2D eigenvalue weighted by atomic mass is 31.2. The lowest BCUT2D eigenvalue weighted by Gasteiger charge is -2.07. The topological polar surface area (TPSA) is 322 Å². The minimum absolute atomic E-state index is 0. The van der Waals surface area contributed by atoms with Crippen molar-refractivity contribution in [2.75, 3.05) is 39.6 Å². The summed E-state index contributed by atoms with van der Waals surface area (Å²) in [6.45, 7) is -3.46. The van der Waals surface area contributed by atoms with E-state index >= 15 is 0 Å². The van der Waals surface area contributed by atoms with E-state index in [0.717, 1.165) is 0 Å². The van der Waals surface area contributed by atoms with E-state index < -0.39 is 81.4 Å². The van der Waals surface area contributed by atoms with Gasteiger partial charge in [0.05, 0.1) is 39.6 Å². The van der Waals surface area contributed by atoms with Gasteiger partial charge in [0.2, 0.25) is 0 Å². The number of rotatable bonds is 12. The fourth-order valence-corrected chi connectivity index (χ4v) is 1.81. The predicted octanol–water partition coefficient (Wildman–Crippen LogP) is -4.54. The van der Waals surface area contributed by atoms with Crippen molar-refractivity contribution in [2.45, 2.75) is 18.3 Å². The molecule has 0 radical (unpaired) electrons. The van der Waals surface area contributed by atoms with Crippen molar-refractivity contribution in [3.8, 4) is 0 Å². The highest BCUT2D eigenvalue weighted by molar-refractivity contribution is 7.46. The van der Waals surface area contributed by atoms with Gasteiger partial charge < -0.3 is 60.0 Å². The van der Waals surface area contributed by atoms with Crippen LogP contribution in [0.1, 0.15) is 0 Å². The van der Waals surface area contributed by atoms with Crippen LogP contribution in [0.2, 0.25) is 0 Å². The Labute approximate surface area is 189 Å². The molecule has 0 bridgehead atoms. The first-order valence-corrected chi connectivity index (χ1v) is 11.9. The molecule has 0 fully saturated rings. The number of phosphoric acid groups is 3. The van der Waals surface area contributed by atoms with Gasteiger partial charge in [-0.15, -0.1) is 0 Å². The lowest BCUT2D eigenvalue weighted by Crippen LogP contribution is -2.18. The normalized spacial score (nSPS) is 14.2. The van der Waals surface area contributed by atoms with Crippen LogP contribution in [0.4, 0.5) is 0 Å². The zero-order chi connectivity index (χ0) is 24.6. The second kappa shape index (κ2) is 22.4. The molecular weight excluding hydrogens is 551 g/mol. The molecule has 18 nitrogen and oxygen atoms in total. The van der Waals surface area contributed by atoms with Crippen LogP contribution in [-0.2, 0) is 27.3 Å². The lowest BCUT2D eigenvalue weighted by atomic mass is 10.4. The maximum atomic E-state index is 9.93. The van der Waals surface area contributed by atoms with Gasteiger partial charge in [-0.05, 0) is 0 Å². The molecule has 0 aromatic rings. The van der Waals surface area contributed by atoms with Gasteiger partial charge in [0.25, 0.3) is 0 Å². The number of hydrogen-bond donors (Lipinski definition) is 12. The van der Waals surface area contributed by atoms with Crippen molar-refractivity contribution < 1.29 is 87.3 Å². The number of hydrogen-bond acceptors (Lipinski definition) is 12. The molecule has 0 saturated heterocycles.